The van der Waals surface area contributed by atoms with Crippen LogP contribution in [0.15, 0.2) is 47.2 Å². The number of Topliss-reactive ketones (excluding diaryl/α,β-unsaturated/α-hetero) is 1. The number of hydrogen-bond donors (Lipinski definition) is 1. The van der Waals surface area contributed by atoms with E-state index in [1.165, 1.54) is 0 Å². The molecule has 1 saturated carbocycles. The van der Waals surface area contributed by atoms with Crippen molar-refractivity contribution in [3.8, 4) is 0 Å². The van der Waals surface area contributed by atoms with Crippen molar-refractivity contribution in [3.63, 3.8) is 0 Å². The fraction of sp³-hybridized carbons (Fsp3) is 0.500. The maximum absolute atomic E-state index is 14.9. The Bertz CT molecular complexity index is 1370. The highest BCUT2D eigenvalue weighted by Crippen LogP contribution is 2.55. The zero-order valence-electron chi connectivity index (χ0n) is 24.8. The first-order valence-corrected chi connectivity index (χ1v) is 17.1. The van der Waals surface area contributed by atoms with Crippen LogP contribution in [0, 0.1) is 32.6 Å². The third kappa shape index (κ3) is 5.26. The molecule has 4 atom stereocenters. The molecule has 3 aromatic rings. The molecule has 222 valence electrons. The first-order chi connectivity index (χ1) is 20.4. The van der Waals surface area contributed by atoms with Gasteiger partial charge in [0, 0.05) is 53.3 Å². The van der Waals surface area contributed by atoms with Gasteiger partial charge in [0.05, 0.1) is 12.0 Å². The van der Waals surface area contributed by atoms with Gasteiger partial charge in [-0.3, -0.25) is 14.4 Å². The van der Waals surface area contributed by atoms with Crippen molar-refractivity contribution in [2.45, 2.75) is 70.9 Å². The SMILES string of the molecule is Cc1ccccc1C(=O)C1C(c2sccc2C)C(C(=O)N2CCNCC2)N(C(=O)C2CCCCC2)C1c1sccc1C. The van der Waals surface area contributed by atoms with Crippen molar-refractivity contribution in [1.29, 1.82) is 0 Å². The van der Waals surface area contributed by atoms with Gasteiger partial charge in [0.25, 0.3) is 0 Å². The van der Waals surface area contributed by atoms with Crippen molar-refractivity contribution in [2.24, 2.45) is 11.8 Å². The normalized spacial score (nSPS) is 25.1. The Morgan fingerprint density at radius 2 is 1.43 bits per heavy atom. The standard InChI is InChI=1S/C34H41N3O3S2/c1-21-9-7-8-12-25(21)30(38)26-27(31-22(2)13-19-41-31)29(34(40)36-17-15-35-16-18-36)37(28(26)32-23(3)14-20-42-32)33(39)24-10-5-4-6-11-24/h7-9,12-14,19-20,24,26-29,35H,4-6,10-11,15-18H2,1-3H3. The molecule has 2 aliphatic heterocycles. The van der Waals surface area contributed by atoms with Crippen LogP contribution >= 0.6 is 22.7 Å². The highest BCUT2D eigenvalue weighted by molar-refractivity contribution is 7.10. The van der Waals surface area contributed by atoms with E-state index in [1.54, 1.807) is 22.7 Å². The molecule has 2 amide bonds. The fourth-order valence-electron chi connectivity index (χ4n) is 7.44. The molecular weight excluding hydrogens is 563 g/mol. The number of nitrogens with one attached hydrogen (secondary N) is 1. The van der Waals surface area contributed by atoms with E-state index in [0.29, 0.717) is 18.7 Å². The molecule has 3 fully saturated rings. The number of ketones is 1. The Morgan fingerprint density at radius 3 is 2.05 bits per heavy atom. The van der Waals surface area contributed by atoms with Gasteiger partial charge in [0.1, 0.15) is 6.04 Å². The average molecular weight is 604 g/mol. The number of benzene rings is 1. The highest BCUT2D eigenvalue weighted by atomic mass is 32.1. The number of piperazine rings is 1. The van der Waals surface area contributed by atoms with Crippen LogP contribution < -0.4 is 5.32 Å². The number of amides is 2. The summed E-state index contributed by atoms with van der Waals surface area (Å²) in [7, 11) is 0. The second-order valence-corrected chi connectivity index (χ2v) is 14.1. The smallest absolute Gasteiger partial charge is 0.246 e. The molecule has 3 aliphatic rings. The van der Waals surface area contributed by atoms with Gasteiger partial charge in [0.2, 0.25) is 11.8 Å². The summed E-state index contributed by atoms with van der Waals surface area (Å²) < 4.78 is 0. The van der Waals surface area contributed by atoms with Gasteiger partial charge >= 0.3 is 0 Å². The second-order valence-electron chi connectivity index (χ2n) is 12.2. The Hall–Kier alpha value is -2.81. The maximum atomic E-state index is 14.9. The molecule has 8 heteroatoms. The molecule has 6 nitrogen and oxygen atoms in total. The lowest BCUT2D eigenvalue weighted by molar-refractivity contribution is -0.149. The molecule has 1 N–H and O–H groups in total. The molecular formula is C34H41N3O3S2. The van der Waals surface area contributed by atoms with E-state index < -0.39 is 23.9 Å². The number of rotatable bonds is 6. The van der Waals surface area contributed by atoms with E-state index in [-0.39, 0.29) is 23.5 Å². The van der Waals surface area contributed by atoms with E-state index >= 15 is 0 Å². The molecule has 42 heavy (non-hydrogen) atoms. The van der Waals surface area contributed by atoms with Crippen LogP contribution in [0.1, 0.15) is 80.9 Å². The van der Waals surface area contributed by atoms with E-state index in [0.717, 1.165) is 71.6 Å². The summed E-state index contributed by atoms with van der Waals surface area (Å²) in [5.41, 5.74) is 3.76. The van der Waals surface area contributed by atoms with Crippen molar-refractivity contribution in [2.75, 3.05) is 26.2 Å². The van der Waals surface area contributed by atoms with Crippen LogP contribution in [0.2, 0.25) is 0 Å². The molecule has 6 rings (SSSR count). The first kappa shape index (κ1) is 29.3. The lowest BCUT2D eigenvalue weighted by Crippen LogP contribution is -2.55. The van der Waals surface area contributed by atoms with Gasteiger partial charge in [-0.1, -0.05) is 43.5 Å². The number of likely N-dealkylation sites (tertiary alicyclic amines) is 1. The van der Waals surface area contributed by atoms with E-state index in [1.807, 2.05) is 41.0 Å². The van der Waals surface area contributed by atoms with Crippen molar-refractivity contribution >= 4 is 40.3 Å². The zero-order chi connectivity index (χ0) is 29.4. The number of carbonyl (C=O) groups is 3. The van der Waals surface area contributed by atoms with Gasteiger partial charge in [-0.2, -0.15) is 0 Å². The summed E-state index contributed by atoms with van der Waals surface area (Å²) in [6.07, 6.45) is 4.90. The largest absolute Gasteiger partial charge is 0.338 e. The van der Waals surface area contributed by atoms with Gasteiger partial charge in [0.15, 0.2) is 5.78 Å². The second kappa shape index (κ2) is 12.4. The first-order valence-electron chi connectivity index (χ1n) is 15.4. The van der Waals surface area contributed by atoms with Crippen LogP contribution in [-0.2, 0) is 9.59 Å². The third-order valence-corrected chi connectivity index (χ3v) is 11.9. The summed E-state index contributed by atoms with van der Waals surface area (Å²) in [4.78, 5) is 50.5. The van der Waals surface area contributed by atoms with Crippen LogP contribution in [0.5, 0.6) is 0 Å². The Morgan fingerprint density at radius 1 is 0.786 bits per heavy atom. The topological polar surface area (TPSA) is 69.7 Å². The number of carbonyl (C=O) groups excluding carboxylic acids is 3. The van der Waals surface area contributed by atoms with Gasteiger partial charge in [-0.15, -0.1) is 22.7 Å². The average Bonchev–Trinajstić information content (AvgIpc) is 3.73. The van der Waals surface area contributed by atoms with E-state index in [2.05, 4.69) is 42.1 Å². The van der Waals surface area contributed by atoms with Crippen molar-refractivity contribution in [1.82, 2.24) is 15.1 Å². The monoisotopic (exact) mass is 603 g/mol. The summed E-state index contributed by atoms with van der Waals surface area (Å²) in [5.74, 6) is -1.03. The molecule has 4 heterocycles. The minimum absolute atomic E-state index is 0.0160. The lowest BCUT2D eigenvalue weighted by Gasteiger charge is -2.38. The minimum Gasteiger partial charge on any atom is -0.338 e. The predicted octanol–water partition coefficient (Wildman–Crippen LogP) is 6.28. The number of nitrogens with zero attached hydrogens (tertiary/aromatic N) is 2. The number of thiophene rings is 2. The number of aryl methyl sites for hydroxylation is 3. The van der Waals surface area contributed by atoms with Gasteiger partial charge in [-0.05, 0) is 73.2 Å². The van der Waals surface area contributed by atoms with E-state index in [4.69, 9.17) is 0 Å². The van der Waals surface area contributed by atoms with Crippen LogP contribution in [0.4, 0.5) is 0 Å². The molecule has 2 aromatic heterocycles. The fourth-order valence-corrected chi connectivity index (χ4v) is 9.61. The summed E-state index contributed by atoms with van der Waals surface area (Å²) in [6.45, 7) is 8.80. The predicted molar refractivity (Wildman–Crippen MR) is 169 cm³/mol. The van der Waals surface area contributed by atoms with Crippen LogP contribution in [0.25, 0.3) is 0 Å². The summed E-state index contributed by atoms with van der Waals surface area (Å²) >= 11 is 3.23. The molecule has 1 aliphatic carbocycles. The van der Waals surface area contributed by atoms with Crippen LogP contribution in [-0.4, -0.2) is 59.6 Å². The summed E-state index contributed by atoms with van der Waals surface area (Å²) in [6, 6.07) is 10.7. The molecule has 0 bridgehead atoms. The molecule has 1 aromatic carbocycles. The highest BCUT2D eigenvalue weighted by Gasteiger charge is 2.60. The van der Waals surface area contributed by atoms with Gasteiger partial charge in [-0.25, -0.2) is 0 Å². The third-order valence-electron chi connectivity index (χ3n) is 9.65. The molecule has 0 radical (unpaired) electrons. The Balaban J connectivity index is 1.58. The lowest BCUT2D eigenvalue weighted by atomic mass is 9.78. The molecule has 2 saturated heterocycles. The Kier molecular flexibility index (Phi) is 8.66. The van der Waals surface area contributed by atoms with Crippen molar-refractivity contribution < 1.29 is 14.4 Å². The van der Waals surface area contributed by atoms with Gasteiger partial charge < -0.3 is 15.1 Å². The zero-order valence-corrected chi connectivity index (χ0v) is 26.4. The number of hydrogen-bond acceptors (Lipinski definition) is 6. The quantitative estimate of drug-likeness (QED) is 0.337. The summed E-state index contributed by atoms with van der Waals surface area (Å²) in [5, 5.41) is 7.48. The molecule has 4 unspecified atom stereocenters. The minimum atomic E-state index is -0.723. The maximum Gasteiger partial charge on any atom is 0.246 e. The van der Waals surface area contributed by atoms with E-state index in [9.17, 15) is 14.4 Å². The molecule has 0 spiro atoms. The Labute approximate surface area is 257 Å². The van der Waals surface area contributed by atoms with Crippen molar-refractivity contribution in [3.05, 3.63) is 79.2 Å². The van der Waals surface area contributed by atoms with Crippen LogP contribution in [0.3, 0.4) is 0 Å².